The van der Waals surface area contributed by atoms with Gasteiger partial charge in [0.05, 0.1) is 11.9 Å². The van der Waals surface area contributed by atoms with Crippen LogP contribution in [0.3, 0.4) is 0 Å². The second kappa shape index (κ2) is 12.9. The Bertz CT molecular complexity index is 1840. The number of aromatic nitrogens is 2. The van der Waals surface area contributed by atoms with Crippen molar-refractivity contribution in [3.05, 3.63) is 145 Å². The van der Waals surface area contributed by atoms with Crippen molar-refractivity contribution in [3.8, 4) is 28.4 Å². The lowest BCUT2D eigenvalue weighted by Crippen LogP contribution is -2.33. The van der Waals surface area contributed by atoms with E-state index < -0.39 is 6.10 Å². The quantitative estimate of drug-likeness (QED) is 0.141. The molecule has 1 heterocycles. The minimum Gasteiger partial charge on any atom is -0.489 e. The molecule has 0 radical (unpaired) electrons. The maximum atomic E-state index is 12.9. The number of hydrogen-bond donors (Lipinski definition) is 1. The van der Waals surface area contributed by atoms with Crippen LogP contribution < -0.4 is 14.9 Å². The predicted molar refractivity (Wildman–Crippen MR) is 170 cm³/mol. The Balaban J connectivity index is 1.18. The monoisotopic (exact) mass is 566 g/mol. The third-order valence-corrected chi connectivity index (χ3v) is 6.94. The molecule has 1 amide bonds. The van der Waals surface area contributed by atoms with Crippen LogP contribution in [0.5, 0.6) is 11.5 Å². The molecule has 0 saturated heterocycles. The number of nitrogens with one attached hydrogen (secondary N) is 1. The summed E-state index contributed by atoms with van der Waals surface area (Å²) in [6.07, 6.45) is 2.73. The molecule has 1 unspecified atom stereocenters. The molecule has 0 aliphatic heterocycles. The average Bonchev–Trinajstić information content (AvgIpc) is 3.49. The van der Waals surface area contributed by atoms with Gasteiger partial charge >= 0.3 is 0 Å². The molecule has 5 aromatic carbocycles. The Kier molecular flexibility index (Phi) is 8.22. The van der Waals surface area contributed by atoms with Gasteiger partial charge in [-0.25, -0.2) is 10.1 Å². The molecule has 7 heteroatoms. The standard InChI is InChI=1S/C36H30N4O3/c1-26(43-34-18-10-14-28-13-8-9-17-33(28)34)36(41)38-37-23-30-24-40(31-15-6-3-7-16-31)39-35(30)29-19-21-32(22-20-29)42-25-27-11-4-2-5-12-27/h2-24,26H,25H2,1H3,(H,38,41)/b37-23+. The Morgan fingerprint density at radius 3 is 2.35 bits per heavy atom. The molecule has 1 atom stereocenters. The van der Waals surface area contributed by atoms with E-state index in [1.54, 1.807) is 17.8 Å². The first-order valence-electron chi connectivity index (χ1n) is 14.0. The highest BCUT2D eigenvalue weighted by atomic mass is 16.5. The first-order chi connectivity index (χ1) is 21.1. The van der Waals surface area contributed by atoms with Gasteiger partial charge in [0.2, 0.25) is 0 Å². The summed E-state index contributed by atoms with van der Waals surface area (Å²) in [5.74, 6) is 1.05. The highest BCUT2D eigenvalue weighted by Gasteiger charge is 2.16. The molecule has 0 aliphatic carbocycles. The molecular formula is C36H30N4O3. The summed E-state index contributed by atoms with van der Waals surface area (Å²) in [5.41, 5.74) is 6.98. The summed E-state index contributed by atoms with van der Waals surface area (Å²) in [4.78, 5) is 12.9. The fourth-order valence-corrected chi connectivity index (χ4v) is 4.67. The van der Waals surface area contributed by atoms with Crippen molar-refractivity contribution < 1.29 is 14.3 Å². The smallest absolute Gasteiger partial charge is 0.280 e. The molecule has 6 aromatic rings. The number of hydrazone groups is 1. The zero-order valence-corrected chi connectivity index (χ0v) is 23.6. The van der Waals surface area contributed by atoms with E-state index in [1.165, 1.54) is 0 Å². The fourth-order valence-electron chi connectivity index (χ4n) is 4.67. The SMILES string of the molecule is CC(Oc1cccc2ccccc12)C(=O)N/N=C/c1cn(-c2ccccc2)nc1-c1ccc(OCc2ccccc2)cc1. The van der Waals surface area contributed by atoms with Crippen molar-refractivity contribution in [2.75, 3.05) is 0 Å². The van der Waals surface area contributed by atoms with E-state index in [4.69, 9.17) is 14.6 Å². The molecule has 212 valence electrons. The van der Waals surface area contributed by atoms with Gasteiger partial charge in [-0.1, -0.05) is 84.9 Å². The molecule has 0 fully saturated rings. The van der Waals surface area contributed by atoms with Gasteiger partial charge in [-0.05, 0) is 60.3 Å². The van der Waals surface area contributed by atoms with Crippen molar-refractivity contribution in [3.63, 3.8) is 0 Å². The topological polar surface area (TPSA) is 77.7 Å². The van der Waals surface area contributed by atoms with Gasteiger partial charge in [-0.15, -0.1) is 0 Å². The van der Waals surface area contributed by atoms with E-state index in [9.17, 15) is 4.79 Å². The zero-order chi connectivity index (χ0) is 29.4. The summed E-state index contributed by atoms with van der Waals surface area (Å²) in [7, 11) is 0. The van der Waals surface area contributed by atoms with Crippen molar-refractivity contribution >= 4 is 22.9 Å². The summed E-state index contributed by atoms with van der Waals surface area (Å²) >= 11 is 0. The number of ether oxygens (including phenoxy) is 2. The van der Waals surface area contributed by atoms with Crippen LogP contribution in [0.4, 0.5) is 0 Å². The molecule has 7 nitrogen and oxygen atoms in total. The lowest BCUT2D eigenvalue weighted by Gasteiger charge is -2.14. The van der Waals surface area contributed by atoms with Gasteiger partial charge in [0.25, 0.3) is 5.91 Å². The van der Waals surface area contributed by atoms with Crippen LogP contribution in [0.1, 0.15) is 18.1 Å². The number of para-hydroxylation sites is 1. The largest absolute Gasteiger partial charge is 0.489 e. The van der Waals surface area contributed by atoms with E-state index >= 15 is 0 Å². The first kappa shape index (κ1) is 27.5. The highest BCUT2D eigenvalue weighted by molar-refractivity contribution is 5.91. The van der Waals surface area contributed by atoms with Gasteiger partial charge < -0.3 is 9.47 Å². The van der Waals surface area contributed by atoms with E-state index in [2.05, 4.69) is 10.5 Å². The molecule has 43 heavy (non-hydrogen) atoms. The highest BCUT2D eigenvalue weighted by Crippen LogP contribution is 2.27. The number of benzene rings is 5. The van der Waals surface area contributed by atoms with Crippen LogP contribution in [-0.2, 0) is 11.4 Å². The van der Waals surface area contributed by atoms with Crippen LogP contribution in [0.15, 0.2) is 139 Å². The van der Waals surface area contributed by atoms with Crippen LogP contribution in [0.2, 0.25) is 0 Å². The average molecular weight is 567 g/mol. The lowest BCUT2D eigenvalue weighted by atomic mass is 10.1. The van der Waals surface area contributed by atoms with Crippen molar-refractivity contribution in [2.24, 2.45) is 5.10 Å². The summed E-state index contributed by atoms with van der Waals surface area (Å²) < 4.78 is 13.7. The lowest BCUT2D eigenvalue weighted by molar-refractivity contribution is -0.127. The number of nitrogens with zero attached hydrogens (tertiary/aromatic N) is 3. The Hall–Kier alpha value is -5.69. The van der Waals surface area contributed by atoms with Gasteiger partial charge in [-0.2, -0.15) is 10.2 Å². The number of fused-ring (bicyclic) bond motifs is 1. The van der Waals surface area contributed by atoms with Crippen LogP contribution in [-0.4, -0.2) is 28.0 Å². The maximum absolute atomic E-state index is 12.9. The molecule has 0 saturated carbocycles. The third kappa shape index (κ3) is 6.63. The van der Waals surface area contributed by atoms with Gasteiger partial charge in [0.15, 0.2) is 6.10 Å². The predicted octanol–water partition coefficient (Wildman–Crippen LogP) is 7.19. The Morgan fingerprint density at radius 2 is 1.56 bits per heavy atom. The maximum Gasteiger partial charge on any atom is 0.280 e. The number of hydrogen-bond acceptors (Lipinski definition) is 5. The second-order valence-electron chi connectivity index (χ2n) is 9.98. The Morgan fingerprint density at radius 1 is 0.860 bits per heavy atom. The summed E-state index contributed by atoms with van der Waals surface area (Å²) in [6, 6.07) is 41.3. The first-order valence-corrected chi connectivity index (χ1v) is 14.0. The normalized spacial score (nSPS) is 11.8. The van der Waals surface area contributed by atoms with E-state index in [1.807, 2.05) is 134 Å². The van der Waals surface area contributed by atoms with Gasteiger partial charge in [0.1, 0.15) is 23.8 Å². The number of carbonyl (C=O) groups excluding carboxylic acids is 1. The third-order valence-electron chi connectivity index (χ3n) is 6.94. The van der Waals surface area contributed by atoms with E-state index in [-0.39, 0.29) is 5.91 Å². The number of carbonyl (C=O) groups is 1. The molecule has 1 N–H and O–H groups in total. The Labute approximate surface area is 250 Å². The molecule has 0 bridgehead atoms. The second-order valence-corrected chi connectivity index (χ2v) is 9.98. The van der Waals surface area contributed by atoms with Crippen LogP contribution in [0.25, 0.3) is 27.7 Å². The molecule has 6 rings (SSSR count). The number of rotatable bonds is 10. The zero-order valence-electron chi connectivity index (χ0n) is 23.6. The van der Waals surface area contributed by atoms with Crippen LogP contribution >= 0.6 is 0 Å². The van der Waals surface area contributed by atoms with Gasteiger partial charge in [0, 0.05) is 22.7 Å². The van der Waals surface area contributed by atoms with Crippen molar-refractivity contribution in [1.29, 1.82) is 0 Å². The van der Waals surface area contributed by atoms with E-state index in [0.29, 0.717) is 12.4 Å². The molecular weight excluding hydrogens is 536 g/mol. The molecule has 0 aliphatic rings. The summed E-state index contributed by atoms with van der Waals surface area (Å²) in [6.45, 7) is 2.19. The minimum atomic E-state index is -0.752. The summed E-state index contributed by atoms with van der Waals surface area (Å²) in [5, 5.41) is 11.1. The van der Waals surface area contributed by atoms with E-state index in [0.717, 1.165) is 44.6 Å². The van der Waals surface area contributed by atoms with Crippen molar-refractivity contribution in [2.45, 2.75) is 19.6 Å². The van der Waals surface area contributed by atoms with Crippen molar-refractivity contribution in [1.82, 2.24) is 15.2 Å². The molecule has 0 spiro atoms. The molecule has 1 aromatic heterocycles. The van der Waals surface area contributed by atoms with Crippen LogP contribution in [0, 0.1) is 0 Å². The minimum absolute atomic E-state index is 0.360. The van der Waals surface area contributed by atoms with Gasteiger partial charge in [-0.3, -0.25) is 4.79 Å². The fraction of sp³-hybridized carbons (Fsp3) is 0.0833. The number of amides is 1.